The Morgan fingerprint density at radius 1 is 1.71 bits per heavy atom. The van der Waals surface area contributed by atoms with E-state index in [1.54, 1.807) is 6.20 Å². The first-order valence-electron chi connectivity index (χ1n) is 4.25. The third-order valence-corrected chi connectivity index (χ3v) is 1.85. The second-order valence-corrected chi connectivity index (χ2v) is 3.34. The lowest BCUT2D eigenvalue weighted by Crippen LogP contribution is -2.24. The van der Waals surface area contributed by atoms with Gasteiger partial charge in [0.1, 0.15) is 0 Å². The number of rotatable bonds is 5. The molecule has 1 amide bonds. The van der Waals surface area contributed by atoms with Gasteiger partial charge in [0.2, 0.25) is 0 Å². The molecule has 0 fully saturated rings. The van der Waals surface area contributed by atoms with Crippen molar-refractivity contribution in [2.24, 2.45) is 5.73 Å². The van der Waals surface area contributed by atoms with Gasteiger partial charge in [-0.3, -0.25) is 9.89 Å². The van der Waals surface area contributed by atoms with Gasteiger partial charge in [0.05, 0.1) is 16.7 Å². The van der Waals surface area contributed by atoms with Crippen LogP contribution in [0.3, 0.4) is 0 Å². The molecule has 14 heavy (non-hydrogen) atoms. The Balaban J connectivity index is 2.19. The van der Waals surface area contributed by atoms with Crippen molar-refractivity contribution in [1.82, 2.24) is 15.5 Å². The molecule has 0 aromatic carbocycles. The second kappa shape index (κ2) is 5.33. The number of amides is 1. The summed E-state index contributed by atoms with van der Waals surface area (Å²) in [5.41, 5.74) is 5.84. The normalized spacial score (nSPS) is 9.71. The molecule has 1 aromatic heterocycles. The number of aromatic amines is 1. The molecular weight excluding hydrogens is 200 g/mol. The van der Waals surface area contributed by atoms with Crippen molar-refractivity contribution in [1.29, 1.82) is 0 Å². The number of nitrogens with two attached hydrogens (primary N) is 1. The Labute approximate surface area is 87.1 Å². The minimum Gasteiger partial charge on any atom is -0.393 e. The highest BCUT2D eigenvalue weighted by molar-refractivity contribution is 7.80. The molecule has 0 aliphatic carbocycles. The lowest BCUT2D eigenvalue weighted by Gasteiger charge is -2.01. The molecule has 1 rings (SSSR count). The number of hydrogen-bond acceptors (Lipinski definition) is 3. The van der Waals surface area contributed by atoms with Crippen LogP contribution in [0, 0.1) is 0 Å². The van der Waals surface area contributed by atoms with Gasteiger partial charge in [-0.15, -0.1) is 0 Å². The SMILES string of the molecule is NC(=S)CCCNC(=O)c1cn[nH]c1. The van der Waals surface area contributed by atoms with Gasteiger partial charge < -0.3 is 11.1 Å². The van der Waals surface area contributed by atoms with Crippen LogP contribution in [-0.4, -0.2) is 27.6 Å². The summed E-state index contributed by atoms with van der Waals surface area (Å²) in [4.78, 5) is 11.8. The van der Waals surface area contributed by atoms with Crippen molar-refractivity contribution in [3.63, 3.8) is 0 Å². The quantitative estimate of drug-likeness (QED) is 0.481. The van der Waals surface area contributed by atoms with E-state index in [0.717, 1.165) is 6.42 Å². The first-order valence-corrected chi connectivity index (χ1v) is 4.66. The Bertz CT molecular complexity index is 309. The molecule has 5 nitrogen and oxygen atoms in total. The molecule has 0 aliphatic rings. The Kier molecular flexibility index (Phi) is 4.06. The van der Waals surface area contributed by atoms with E-state index in [0.29, 0.717) is 23.5 Å². The van der Waals surface area contributed by atoms with Crippen LogP contribution in [0.15, 0.2) is 12.4 Å². The van der Waals surface area contributed by atoms with E-state index in [-0.39, 0.29) is 5.91 Å². The summed E-state index contributed by atoms with van der Waals surface area (Å²) in [6, 6.07) is 0. The first-order chi connectivity index (χ1) is 6.70. The topological polar surface area (TPSA) is 83.8 Å². The molecule has 0 aliphatic heterocycles. The molecule has 1 aromatic rings. The summed E-state index contributed by atoms with van der Waals surface area (Å²) < 4.78 is 0. The van der Waals surface area contributed by atoms with Crippen molar-refractivity contribution in [3.8, 4) is 0 Å². The maximum Gasteiger partial charge on any atom is 0.254 e. The van der Waals surface area contributed by atoms with E-state index in [4.69, 9.17) is 18.0 Å². The fourth-order valence-electron chi connectivity index (χ4n) is 0.942. The zero-order chi connectivity index (χ0) is 10.4. The van der Waals surface area contributed by atoms with Crippen LogP contribution < -0.4 is 11.1 Å². The van der Waals surface area contributed by atoms with Gasteiger partial charge in [-0.05, 0) is 12.8 Å². The van der Waals surface area contributed by atoms with Gasteiger partial charge in [0, 0.05) is 12.7 Å². The summed E-state index contributed by atoms with van der Waals surface area (Å²) in [5, 5.41) is 8.97. The van der Waals surface area contributed by atoms with E-state index >= 15 is 0 Å². The lowest BCUT2D eigenvalue weighted by molar-refractivity contribution is 0.0953. The average Bonchev–Trinajstić information content (AvgIpc) is 2.64. The molecule has 0 atom stereocenters. The van der Waals surface area contributed by atoms with E-state index in [2.05, 4.69) is 15.5 Å². The van der Waals surface area contributed by atoms with Crippen molar-refractivity contribution >= 4 is 23.1 Å². The average molecular weight is 212 g/mol. The minimum atomic E-state index is -0.137. The van der Waals surface area contributed by atoms with Crippen molar-refractivity contribution in [2.45, 2.75) is 12.8 Å². The standard InChI is InChI=1S/C8H12N4OS/c9-7(14)2-1-3-10-8(13)6-4-11-12-5-6/h4-5H,1-3H2,(H2,9,14)(H,10,13)(H,11,12). The van der Waals surface area contributed by atoms with Crippen molar-refractivity contribution < 1.29 is 4.79 Å². The number of aromatic nitrogens is 2. The van der Waals surface area contributed by atoms with Crippen LogP contribution in [0.1, 0.15) is 23.2 Å². The summed E-state index contributed by atoms with van der Waals surface area (Å²) in [6.45, 7) is 0.571. The number of H-pyrrole nitrogens is 1. The zero-order valence-corrected chi connectivity index (χ0v) is 8.43. The number of hydrogen-bond donors (Lipinski definition) is 3. The molecule has 0 spiro atoms. The van der Waals surface area contributed by atoms with E-state index < -0.39 is 0 Å². The summed E-state index contributed by atoms with van der Waals surface area (Å²) >= 11 is 4.70. The van der Waals surface area contributed by atoms with Crippen LogP contribution in [-0.2, 0) is 0 Å². The lowest BCUT2D eigenvalue weighted by atomic mass is 10.3. The Hall–Kier alpha value is -1.43. The molecular formula is C8H12N4OS. The van der Waals surface area contributed by atoms with E-state index in [1.807, 2.05) is 0 Å². The molecule has 76 valence electrons. The number of nitrogens with zero attached hydrogens (tertiary/aromatic N) is 1. The zero-order valence-electron chi connectivity index (χ0n) is 7.62. The first kappa shape index (κ1) is 10.6. The molecule has 6 heteroatoms. The third-order valence-electron chi connectivity index (χ3n) is 1.65. The smallest absolute Gasteiger partial charge is 0.254 e. The number of carbonyl (C=O) groups excluding carboxylic acids is 1. The highest BCUT2D eigenvalue weighted by Gasteiger charge is 2.04. The van der Waals surface area contributed by atoms with Gasteiger partial charge in [0.15, 0.2) is 0 Å². The number of nitrogens with one attached hydrogen (secondary N) is 2. The molecule has 4 N–H and O–H groups in total. The van der Waals surface area contributed by atoms with Crippen LogP contribution in [0.25, 0.3) is 0 Å². The fourth-order valence-corrected chi connectivity index (χ4v) is 1.09. The summed E-state index contributed by atoms with van der Waals surface area (Å²) in [5.74, 6) is -0.137. The molecule has 0 bridgehead atoms. The van der Waals surface area contributed by atoms with Gasteiger partial charge in [-0.1, -0.05) is 12.2 Å². The van der Waals surface area contributed by atoms with Crippen molar-refractivity contribution in [2.75, 3.05) is 6.54 Å². The summed E-state index contributed by atoms with van der Waals surface area (Å²) in [7, 11) is 0. The van der Waals surface area contributed by atoms with Gasteiger partial charge in [-0.25, -0.2) is 0 Å². The maximum atomic E-state index is 11.3. The van der Waals surface area contributed by atoms with Crippen LogP contribution in [0.4, 0.5) is 0 Å². The third kappa shape index (κ3) is 3.53. The molecule has 0 radical (unpaired) electrons. The molecule has 0 unspecified atom stereocenters. The maximum absolute atomic E-state index is 11.3. The van der Waals surface area contributed by atoms with Crippen molar-refractivity contribution in [3.05, 3.63) is 18.0 Å². The predicted molar refractivity (Wildman–Crippen MR) is 56.9 cm³/mol. The van der Waals surface area contributed by atoms with Crippen LogP contribution in [0.2, 0.25) is 0 Å². The molecule has 1 heterocycles. The molecule has 0 saturated carbocycles. The fraction of sp³-hybridized carbons (Fsp3) is 0.375. The Morgan fingerprint density at radius 3 is 3.07 bits per heavy atom. The van der Waals surface area contributed by atoms with E-state index in [9.17, 15) is 4.79 Å². The monoisotopic (exact) mass is 212 g/mol. The van der Waals surface area contributed by atoms with Gasteiger partial charge in [-0.2, -0.15) is 5.10 Å². The number of thiocarbonyl (C=S) groups is 1. The van der Waals surface area contributed by atoms with Crippen LogP contribution in [0.5, 0.6) is 0 Å². The highest BCUT2D eigenvalue weighted by Crippen LogP contribution is 1.93. The van der Waals surface area contributed by atoms with Gasteiger partial charge >= 0.3 is 0 Å². The van der Waals surface area contributed by atoms with E-state index in [1.165, 1.54) is 6.20 Å². The number of carbonyl (C=O) groups is 1. The second-order valence-electron chi connectivity index (χ2n) is 2.81. The Morgan fingerprint density at radius 2 is 2.50 bits per heavy atom. The summed E-state index contributed by atoms with van der Waals surface area (Å²) in [6.07, 6.45) is 4.44. The highest BCUT2D eigenvalue weighted by atomic mass is 32.1. The minimum absolute atomic E-state index is 0.137. The molecule has 0 saturated heterocycles. The van der Waals surface area contributed by atoms with Crippen LogP contribution >= 0.6 is 12.2 Å². The largest absolute Gasteiger partial charge is 0.393 e. The van der Waals surface area contributed by atoms with Gasteiger partial charge in [0.25, 0.3) is 5.91 Å². The predicted octanol–water partition coefficient (Wildman–Crippen LogP) is 0.206.